The first-order chi connectivity index (χ1) is 11.1. The first-order valence-electron chi connectivity index (χ1n) is 7.73. The lowest BCUT2D eigenvalue weighted by atomic mass is 10.1. The van der Waals surface area contributed by atoms with Gasteiger partial charge in [-0.2, -0.15) is 0 Å². The first kappa shape index (κ1) is 15.3. The van der Waals surface area contributed by atoms with E-state index in [2.05, 4.69) is 16.5 Å². The predicted molar refractivity (Wildman–Crippen MR) is 92.7 cm³/mol. The average molecular weight is 308 g/mol. The second kappa shape index (κ2) is 5.88. The molecule has 2 heterocycles. The van der Waals surface area contributed by atoms with Gasteiger partial charge in [-0.05, 0) is 38.5 Å². The van der Waals surface area contributed by atoms with E-state index in [9.17, 15) is 4.79 Å². The minimum Gasteiger partial charge on any atom is -0.481 e. The number of ether oxygens (including phenoxy) is 1. The highest BCUT2D eigenvalue weighted by Gasteiger charge is 2.17. The van der Waals surface area contributed by atoms with Crippen molar-refractivity contribution in [2.75, 3.05) is 7.11 Å². The zero-order valence-corrected chi connectivity index (χ0v) is 13.9. The summed E-state index contributed by atoms with van der Waals surface area (Å²) in [5.74, 6) is 0.498. The summed E-state index contributed by atoms with van der Waals surface area (Å²) in [6, 6.07) is 12.0. The second-order valence-corrected chi connectivity index (χ2v) is 5.61. The van der Waals surface area contributed by atoms with E-state index in [1.807, 2.05) is 50.2 Å². The van der Waals surface area contributed by atoms with Gasteiger partial charge < -0.3 is 9.30 Å². The summed E-state index contributed by atoms with van der Waals surface area (Å²) in [7, 11) is 1.57. The molecule has 3 aromatic rings. The quantitative estimate of drug-likeness (QED) is 0.743. The molecule has 4 nitrogen and oxygen atoms in total. The summed E-state index contributed by atoms with van der Waals surface area (Å²) in [4.78, 5) is 17.2. The third-order valence-electron chi connectivity index (χ3n) is 4.19. The lowest BCUT2D eigenvalue weighted by molar-refractivity contribution is 0.396. The van der Waals surface area contributed by atoms with Gasteiger partial charge in [0.25, 0.3) is 0 Å². The van der Waals surface area contributed by atoms with Crippen LogP contribution in [0.5, 0.6) is 5.88 Å². The molecule has 0 unspecified atom stereocenters. The Bertz CT molecular complexity index is 928. The number of fused-ring (bicyclic) bond motifs is 1. The van der Waals surface area contributed by atoms with Crippen LogP contribution in [-0.2, 0) is 6.42 Å². The highest BCUT2D eigenvalue weighted by atomic mass is 16.5. The maximum absolute atomic E-state index is 12.7. The number of benzene rings is 1. The van der Waals surface area contributed by atoms with E-state index in [0.717, 1.165) is 34.4 Å². The number of hydrogen-bond acceptors (Lipinski definition) is 3. The molecule has 0 N–H and O–H groups in total. The van der Waals surface area contributed by atoms with Crippen molar-refractivity contribution < 1.29 is 4.74 Å². The molecule has 0 radical (unpaired) electrons. The van der Waals surface area contributed by atoms with Gasteiger partial charge in [-0.3, -0.25) is 4.79 Å². The lowest BCUT2D eigenvalue weighted by Crippen LogP contribution is -2.19. The van der Waals surface area contributed by atoms with Crippen LogP contribution in [-0.4, -0.2) is 16.7 Å². The lowest BCUT2D eigenvalue weighted by Gasteiger charge is -2.19. The minimum absolute atomic E-state index is 0.0256. The monoisotopic (exact) mass is 308 g/mol. The summed E-state index contributed by atoms with van der Waals surface area (Å²) in [5, 5.41) is 0. The standard InChI is InChI=1S/C19H20N2O2/c1-5-15-13(3)18(22)17-16(11-12(2)19(20-17)23-4)21(15)14-9-7-6-8-10-14/h6-11H,5H2,1-4H3. The first-order valence-corrected chi connectivity index (χ1v) is 7.73. The van der Waals surface area contributed by atoms with Crippen LogP contribution in [0.3, 0.4) is 0 Å². The van der Waals surface area contributed by atoms with Crippen LogP contribution < -0.4 is 10.2 Å². The fourth-order valence-corrected chi connectivity index (χ4v) is 3.04. The Labute approximate surface area is 135 Å². The van der Waals surface area contributed by atoms with Gasteiger partial charge in [0.1, 0.15) is 5.52 Å². The largest absolute Gasteiger partial charge is 0.481 e. The highest BCUT2D eigenvalue weighted by Crippen LogP contribution is 2.25. The molecule has 4 heteroatoms. The van der Waals surface area contributed by atoms with E-state index in [0.29, 0.717) is 11.4 Å². The SMILES string of the molecule is CCc1c(C)c(=O)c2nc(OC)c(C)cc2n1-c1ccccc1. The molecule has 0 spiro atoms. The van der Waals surface area contributed by atoms with Crippen LogP contribution in [0, 0.1) is 13.8 Å². The van der Waals surface area contributed by atoms with E-state index in [1.54, 1.807) is 7.11 Å². The fraction of sp³-hybridized carbons (Fsp3) is 0.263. The Morgan fingerprint density at radius 3 is 2.48 bits per heavy atom. The fourth-order valence-electron chi connectivity index (χ4n) is 3.04. The summed E-state index contributed by atoms with van der Waals surface area (Å²) < 4.78 is 7.42. The van der Waals surface area contributed by atoms with E-state index in [1.165, 1.54) is 0 Å². The third-order valence-corrected chi connectivity index (χ3v) is 4.19. The van der Waals surface area contributed by atoms with Crippen molar-refractivity contribution in [1.29, 1.82) is 0 Å². The topological polar surface area (TPSA) is 44.1 Å². The maximum atomic E-state index is 12.7. The van der Waals surface area contributed by atoms with Crippen molar-refractivity contribution in [2.45, 2.75) is 27.2 Å². The van der Waals surface area contributed by atoms with Crippen molar-refractivity contribution in [3.8, 4) is 11.6 Å². The van der Waals surface area contributed by atoms with Gasteiger partial charge in [0.2, 0.25) is 11.3 Å². The van der Waals surface area contributed by atoms with E-state index in [4.69, 9.17) is 4.74 Å². The molecule has 2 aromatic heterocycles. The predicted octanol–water partition coefficient (Wildman–Crippen LogP) is 3.57. The van der Waals surface area contributed by atoms with Crippen molar-refractivity contribution >= 4 is 11.0 Å². The highest BCUT2D eigenvalue weighted by molar-refractivity contribution is 5.80. The van der Waals surface area contributed by atoms with Crippen molar-refractivity contribution in [3.63, 3.8) is 0 Å². The van der Waals surface area contributed by atoms with Gasteiger partial charge in [-0.1, -0.05) is 25.1 Å². The number of para-hydroxylation sites is 1. The van der Waals surface area contributed by atoms with Crippen molar-refractivity contribution in [3.05, 3.63) is 63.4 Å². The molecular formula is C19H20N2O2. The van der Waals surface area contributed by atoms with Crippen LogP contribution in [0.1, 0.15) is 23.7 Å². The Morgan fingerprint density at radius 1 is 1.17 bits per heavy atom. The van der Waals surface area contributed by atoms with Crippen LogP contribution in [0.4, 0.5) is 0 Å². The molecule has 0 bridgehead atoms. The van der Waals surface area contributed by atoms with Crippen molar-refractivity contribution in [2.24, 2.45) is 0 Å². The van der Waals surface area contributed by atoms with Crippen LogP contribution in [0.2, 0.25) is 0 Å². The van der Waals surface area contributed by atoms with Gasteiger partial charge >= 0.3 is 0 Å². The summed E-state index contributed by atoms with van der Waals surface area (Å²) in [6.07, 6.45) is 0.775. The Hall–Kier alpha value is -2.62. The van der Waals surface area contributed by atoms with Gasteiger partial charge in [0.15, 0.2) is 0 Å². The number of pyridine rings is 2. The van der Waals surface area contributed by atoms with Gasteiger partial charge in [-0.25, -0.2) is 4.98 Å². The van der Waals surface area contributed by atoms with Gasteiger partial charge in [0, 0.05) is 22.5 Å². The summed E-state index contributed by atoms with van der Waals surface area (Å²) >= 11 is 0. The molecule has 0 aliphatic rings. The third kappa shape index (κ3) is 2.40. The smallest absolute Gasteiger partial charge is 0.216 e. The molecule has 0 saturated heterocycles. The average Bonchev–Trinajstić information content (AvgIpc) is 2.58. The zero-order chi connectivity index (χ0) is 16.6. The molecule has 0 aliphatic heterocycles. The number of methoxy groups -OCH3 is 1. The number of rotatable bonds is 3. The summed E-state index contributed by atoms with van der Waals surface area (Å²) in [6.45, 7) is 5.88. The molecule has 0 amide bonds. The van der Waals surface area contributed by atoms with Crippen molar-refractivity contribution in [1.82, 2.24) is 9.55 Å². The normalized spacial score (nSPS) is 11.0. The molecule has 118 valence electrons. The number of nitrogens with zero attached hydrogens (tertiary/aromatic N) is 2. The number of aryl methyl sites for hydroxylation is 1. The second-order valence-electron chi connectivity index (χ2n) is 5.61. The summed E-state index contributed by atoms with van der Waals surface area (Å²) in [5.41, 5.74) is 4.94. The molecular weight excluding hydrogens is 288 g/mol. The van der Waals surface area contributed by atoms with E-state index >= 15 is 0 Å². The van der Waals surface area contributed by atoms with E-state index < -0.39 is 0 Å². The zero-order valence-electron chi connectivity index (χ0n) is 13.9. The Balaban J connectivity index is 2.53. The van der Waals surface area contributed by atoms with Gasteiger partial charge in [0.05, 0.1) is 12.6 Å². The Kier molecular flexibility index (Phi) is 3.90. The minimum atomic E-state index is -0.0256. The van der Waals surface area contributed by atoms with Gasteiger partial charge in [-0.15, -0.1) is 0 Å². The van der Waals surface area contributed by atoms with E-state index in [-0.39, 0.29) is 5.43 Å². The van der Waals surface area contributed by atoms with Crippen LogP contribution >= 0.6 is 0 Å². The number of hydrogen-bond donors (Lipinski definition) is 0. The van der Waals surface area contributed by atoms with Crippen LogP contribution in [0.25, 0.3) is 16.7 Å². The van der Waals surface area contributed by atoms with Crippen LogP contribution in [0.15, 0.2) is 41.2 Å². The molecule has 0 saturated carbocycles. The molecule has 0 atom stereocenters. The molecule has 0 fully saturated rings. The molecule has 1 aromatic carbocycles. The number of aromatic nitrogens is 2. The molecule has 0 aliphatic carbocycles. The Morgan fingerprint density at radius 2 is 1.87 bits per heavy atom. The molecule has 23 heavy (non-hydrogen) atoms. The maximum Gasteiger partial charge on any atom is 0.216 e. The molecule has 3 rings (SSSR count).